The number of anilines is 1. The van der Waals surface area contributed by atoms with Crippen molar-refractivity contribution in [3.05, 3.63) is 64.2 Å². The number of methoxy groups -OCH3 is 1. The van der Waals surface area contributed by atoms with E-state index in [9.17, 15) is 24.5 Å². The first kappa shape index (κ1) is 22.9. The maximum absolute atomic E-state index is 13.5. The third-order valence-electron chi connectivity index (χ3n) is 5.81. The summed E-state index contributed by atoms with van der Waals surface area (Å²) in [6, 6.07) is 10.8. The van der Waals surface area contributed by atoms with E-state index in [2.05, 4.69) is 0 Å². The van der Waals surface area contributed by atoms with E-state index in [1.807, 2.05) is 6.92 Å². The zero-order valence-corrected chi connectivity index (χ0v) is 18.4. The molecule has 0 aliphatic carbocycles. The number of carbonyl (C=O) groups is 3. The Bertz CT molecular complexity index is 1060. The van der Waals surface area contributed by atoms with Crippen molar-refractivity contribution in [3.8, 4) is 5.75 Å². The molecule has 1 atom stereocenters. The summed E-state index contributed by atoms with van der Waals surface area (Å²) in [7, 11) is 1.52. The first-order valence-corrected chi connectivity index (χ1v) is 10.2. The number of rotatable bonds is 7. The quantitative estimate of drug-likeness (QED) is 0.371. The Hall–Kier alpha value is -3.75. The smallest absolute Gasteiger partial charge is 0.270 e. The highest BCUT2D eigenvalue weighted by atomic mass is 16.6. The predicted molar refractivity (Wildman–Crippen MR) is 118 cm³/mol. The number of carbonyl (C=O) groups excluding carboxylic acids is 3. The minimum absolute atomic E-state index is 0.0869. The maximum atomic E-state index is 13.5. The number of ether oxygens (including phenoxy) is 1. The van der Waals surface area contributed by atoms with Crippen LogP contribution in [0.15, 0.2) is 48.5 Å². The molecule has 2 aromatic rings. The average molecular weight is 439 g/mol. The minimum Gasteiger partial charge on any atom is -0.497 e. The summed E-state index contributed by atoms with van der Waals surface area (Å²) in [5, 5.41) is 11.2. The van der Waals surface area contributed by atoms with Gasteiger partial charge in [0, 0.05) is 23.2 Å². The first-order chi connectivity index (χ1) is 15.1. The fourth-order valence-electron chi connectivity index (χ4n) is 3.72. The molecule has 1 heterocycles. The number of amides is 3. The molecule has 0 radical (unpaired) electrons. The lowest BCUT2D eigenvalue weighted by Gasteiger charge is -2.41. The molecule has 168 valence electrons. The van der Waals surface area contributed by atoms with Crippen LogP contribution in [0.1, 0.15) is 44.0 Å². The van der Waals surface area contributed by atoms with Gasteiger partial charge < -0.3 is 9.64 Å². The lowest BCUT2D eigenvalue weighted by atomic mass is 9.94. The van der Waals surface area contributed by atoms with Gasteiger partial charge in [0.15, 0.2) is 0 Å². The molecule has 0 N–H and O–H groups in total. The highest BCUT2D eigenvalue weighted by Crippen LogP contribution is 2.33. The summed E-state index contributed by atoms with van der Waals surface area (Å²) >= 11 is 0. The van der Waals surface area contributed by atoms with Gasteiger partial charge in [0.05, 0.1) is 24.1 Å². The fourth-order valence-corrected chi connectivity index (χ4v) is 3.72. The van der Waals surface area contributed by atoms with E-state index in [0.29, 0.717) is 17.9 Å². The van der Waals surface area contributed by atoms with Gasteiger partial charge in [-0.15, -0.1) is 0 Å². The topological polar surface area (TPSA) is 110 Å². The van der Waals surface area contributed by atoms with Gasteiger partial charge in [-0.3, -0.25) is 24.5 Å². The van der Waals surface area contributed by atoms with E-state index >= 15 is 0 Å². The number of hydrogen-bond acceptors (Lipinski definition) is 6. The van der Waals surface area contributed by atoms with E-state index < -0.39 is 34.2 Å². The molecule has 0 spiro atoms. The lowest BCUT2D eigenvalue weighted by Crippen LogP contribution is -2.55. The van der Waals surface area contributed by atoms with Gasteiger partial charge in [0.1, 0.15) is 11.8 Å². The molecular weight excluding hydrogens is 414 g/mol. The van der Waals surface area contributed by atoms with Crippen LogP contribution in [-0.2, 0) is 9.59 Å². The fraction of sp³-hybridized carbons (Fsp3) is 0.348. The second kappa shape index (κ2) is 8.78. The van der Waals surface area contributed by atoms with Crippen molar-refractivity contribution in [2.45, 2.75) is 45.2 Å². The Labute approximate surface area is 185 Å². The second-order valence-electron chi connectivity index (χ2n) is 8.13. The van der Waals surface area contributed by atoms with Crippen LogP contribution in [0.25, 0.3) is 0 Å². The van der Waals surface area contributed by atoms with Gasteiger partial charge in [-0.05, 0) is 50.6 Å². The Kier molecular flexibility index (Phi) is 6.29. The van der Waals surface area contributed by atoms with Crippen LogP contribution in [-0.4, -0.2) is 46.2 Å². The normalized spacial score (nSPS) is 16.2. The van der Waals surface area contributed by atoms with Gasteiger partial charge >= 0.3 is 0 Å². The molecular formula is C23H25N3O6. The van der Waals surface area contributed by atoms with E-state index in [4.69, 9.17) is 4.74 Å². The first-order valence-electron chi connectivity index (χ1n) is 10.2. The SMILES string of the molecule is CCC(C)(C)N(C(=O)c1cccc([N+](=O)[O-])c1)C1CC(=O)N(c2ccc(OC)cc2)C1=O. The van der Waals surface area contributed by atoms with Crippen LogP contribution in [0.5, 0.6) is 5.75 Å². The van der Waals surface area contributed by atoms with Gasteiger partial charge in [-0.2, -0.15) is 0 Å². The van der Waals surface area contributed by atoms with Gasteiger partial charge in [0.2, 0.25) is 5.91 Å². The monoisotopic (exact) mass is 439 g/mol. The zero-order valence-electron chi connectivity index (χ0n) is 18.4. The molecule has 1 aliphatic rings. The van der Waals surface area contributed by atoms with Crippen molar-refractivity contribution in [2.24, 2.45) is 0 Å². The molecule has 2 aromatic carbocycles. The van der Waals surface area contributed by atoms with Crippen LogP contribution in [0.2, 0.25) is 0 Å². The molecule has 9 nitrogen and oxygen atoms in total. The molecule has 1 saturated heterocycles. The molecule has 9 heteroatoms. The zero-order chi connectivity index (χ0) is 23.6. The summed E-state index contributed by atoms with van der Waals surface area (Å²) in [6.07, 6.45) is 0.336. The van der Waals surface area contributed by atoms with Crippen molar-refractivity contribution in [1.29, 1.82) is 0 Å². The average Bonchev–Trinajstić information content (AvgIpc) is 3.07. The highest BCUT2D eigenvalue weighted by molar-refractivity contribution is 6.23. The van der Waals surface area contributed by atoms with Crippen molar-refractivity contribution in [1.82, 2.24) is 4.90 Å². The second-order valence-corrected chi connectivity index (χ2v) is 8.13. The van der Waals surface area contributed by atoms with Crippen LogP contribution in [0, 0.1) is 10.1 Å². The Balaban J connectivity index is 2.00. The largest absolute Gasteiger partial charge is 0.497 e. The Morgan fingerprint density at radius 3 is 2.44 bits per heavy atom. The van der Waals surface area contributed by atoms with Crippen molar-refractivity contribution < 1.29 is 24.0 Å². The van der Waals surface area contributed by atoms with Gasteiger partial charge in [0.25, 0.3) is 17.5 Å². The van der Waals surface area contributed by atoms with E-state index in [1.54, 1.807) is 38.1 Å². The van der Waals surface area contributed by atoms with Crippen LogP contribution in [0.4, 0.5) is 11.4 Å². The summed E-state index contributed by atoms with van der Waals surface area (Å²) in [5.41, 5.74) is -0.527. The lowest BCUT2D eigenvalue weighted by molar-refractivity contribution is -0.384. The molecule has 0 aromatic heterocycles. The summed E-state index contributed by atoms with van der Waals surface area (Å²) < 4.78 is 5.12. The number of non-ortho nitro benzene ring substituents is 1. The van der Waals surface area contributed by atoms with Crippen molar-refractivity contribution in [2.75, 3.05) is 12.0 Å². The molecule has 0 saturated carbocycles. The van der Waals surface area contributed by atoms with Crippen LogP contribution >= 0.6 is 0 Å². The van der Waals surface area contributed by atoms with Crippen LogP contribution < -0.4 is 9.64 Å². The summed E-state index contributed by atoms with van der Waals surface area (Å²) in [6.45, 7) is 5.47. The standard InChI is InChI=1S/C23H25N3O6/c1-5-23(2,3)25(21(28)15-7-6-8-17(13-15)26(30)31)19-14-20(27)24(22(19)29)16-9-11-18(32-4)12-10-16/h6-13,19H,5,14H2,1-4H3. The van der Waals surface area contributed by atoms with Crippen LogP contribution in [0.3, 0.4) is 0 Å². The molecule has 0 bridgehead atoms. The molecule has 3 amide bonds. The third-order valence-corrected chi connectivity index (χ3v) is 5.81. The van der Waals surface area contributed by atoms with E-state index in [0.717, 1.165) is 4.90 Å². The molecule has 32 heavy (non-hydrogen) atoms. The number of benzene rings is 2. The summed E-state index contributed by atoms with van der Waals surface area (Å²) in [4.78, 5) is 52.7. The summed E-state index contributed by atoms with van der Waals surface area (Å²) in [5.74, 6) is -0.892. The molecule has 3 rings (SSSR count). The number of hydrogen-bond donors (Lipinski definition) is 0. The van der Waals surface area contributed by atoms with Gasteiger partial charge in [-0.25, -0.2) is 4.90 Å². The van der Waals surface area contributed by atoms with Gasteiger partial charge in [-0.1, -0.05) is 13.0 Å². The van der Waals surface area contributed by atoms with E-state index in [1.165, 1.54) is 36.3 Å². The third kappa shape index (κ3) is 4.18. The van der Waals surface area contributed by atoms with Crippen molar-refractivity contribution in [3.63, 3.8) is 0 Å². The maximum Gasteiger partial charge on any atom is 0.270 e. The Morgan fingerprint density at radius 2 is 1.88 bits per heavy atom. The number of nitro groups is 1. The molecule has 1 unspecified atom stereocenters. The number of nitrogens with zero attached hydrogens (tertiary/aromatic N) is 3. The van der Waals surface area contributed by atoms with Crippen molar-refractivity contribution >= 4 is 29.1 Å². The van der Waals surface area contributed by atoms with E-state index in [-0.39, 0.29) is 17.7 Å². The Morgan fingerprint density at radius 1 is 1.22 bits per heavy atom. The number of imide groups is 1. The minimum atomic E-state index is -1.02. The molecule has 1 aliphatic heterocycles. The predicted octanol–water partition coefficient (Wildman–Crippen LogP) is 3.57. The molecule has 1 fully saturated rings. The number of nitro benzene ring substituents is 1. The highest BCUT2D eigenvalue weighted by Gasteiger charge is 2.48.